The first kappa shape index (κ1) is 12.2. The highest BCUT2D eigenvalue weighted by molar-refractivity contribution is 7.89. The van der Waals surface area contributed by atoms with Gasteiger partial charge < -0.3 is 4.98 Å². The smallest absolute Gasteiger partial charge is 0.271 e. The number of primary sulfonamides is 1. The Balaban J connectivity index is 2.38. The van der Waals surface area contributed by atoms with E-state index in [0.717, 1.165) is 0 Å². The Morgan fingerprint density at radius 1 is 1.28 bits per heavy atom. The summed E-state index contributed by atoms with van der Waals surface area (Å²) < 4.78 is 22.0. The quantitative estimate of drug-likeness (QED) is 0.622. The topological polar surface area (TPSA) is 132 Å². The van der Waals surface area contributed by atoms with Crippen molar-refractivity contribution in [3.05, 3.63) is 40.6 Å². The minimum Gasteiger partial charge on any atom is -0.328 e. The number of nitrogens with two attached hydrogens (primary N) is 1. The van der Waals surface area contributed by atoms with Crippen LogP contribution in [0.15, 0.2) is 35.6 Å². The summed E-state index contributed by atoms with van der Waals surface area (Å²) in [6.45, 7) is 0. The number of sulfonamides is 1. The van der Waals surface area contributed by atoms with Gasteiger partial charge in [0.05, 0.1) is 16.8 Å². The van der Waals surface area contributed by atoms with E-state index < -0.39 is 14.9 Å². The van der Waals surface area contributed by atoms with Crippen molar-refractivity contribution in [2.75, 3.05) is 0 Å². The minimum atomic E-state index is -3.89. The van der Waals surface area contributed by atoms with Crippen LogP contribution in [0.3, 0.4) is 0 Å². The predicted molar refractivity (Wildman–Crippen MR) is 62.1 cm³/mol. The highest BCUT2D eigenvalue weighted by atomic mass is 32.2. The summed E-state index contributed by atoms with van der Waals surface area (Å²) in [5.74, 6) is 0. The largest absolute Gasteiger partial charge is 0.328 e. The van der Waals surface area contributed by atoms with E-state index in [-0.39, 0.29) is 10.8 Å². The van der Waals surface area contributed by atoms with Gasteiger partial charge >= 0.3 is 0 Å². The number of nitrogens with one attached hydrogen (secondary N) is 1. The monoisotopic (exact) mass is 268 g/mol. The number of imidazole rings is 1. The zero-order valence-electron chi connectivity index (χ0n) is 8.90. The Kier molecular flexibility index (Phi) is 2.85. The molecule has 0 aliphatic heterocycles. The number of nitro benzene ring substituents is 1. The van der Waals surface area contributed by atoms with Crippen molar-refractivity contribution in [1.29, 1.82) is 0 Å². The molecule has 0 fully saturated rings. The van der Waals surface area contributed by atoms with Crippen LogP contribution in [0.4, 0.5) is 5.69 Å². The summed E-state index contributed by atoms with van der Waals surface area (Å²) >= 11 is 0. The van der Waals surface area contributed by atoms with E-state index in [4.69, 9.17) is 5.14 Å². The maximum absolute atomic E-state index is 11.0. The average molecular weight is 268 g/mol. The summed E-state index contributed by atoms with van der Waals surface area (Å²) in [4.78, 5) is 16.1. The molecule has 1 aromatic heterocycles. The molecule has 1 heterocycles. The van der Waals surface area contributed by atoms with Gasteiger partial charge in [0.15, 0.2) is 0 Å². The van der Waals surface area contributed by atoms with E-state index in [1.807, 2.05) is 0 Å². The number of H-pyrrole nitrogens is 1. The van der Waals surface area contributed by atoms with E-state index in [1.54, 1.807) is 0 Å². The van der Waals surface area contributed by atoms with Crippen LogP contribution >= 0.6 is 0 Å². The summed E-state index contributed by atoms with van der Waals surface area (Å²) in [7, 11) is -3.89. The maximum atomic E-state index is 11.0. The van der Waals surface area contributed by atoms with Gasteiger partial charge in [-0.25, -0.2) is 18.5 Å². The maximum Gasteiger partial charge on any atom is 0.271 e. The molecule has 0 radical (unpaired) electrons. The lowest BCUT2D eigenvalue weighted by atomic mass is 10.1. The fraction of sp³-hybridized carbons (Fsp3) is 0. The number of nitrogens with zero attached hydrogens (tertiary/aromatic N) is 2. The lowest BCUT2D eigenvalue weighted by Crippen LogP contribution is -2.13. The van der Waals surface area contributed by atoms with E-state index in [9.17, 15) is 18.5 Å². The Labute approximate surface area is 102 Å². The van der Waals surface area contributed by atoms with Gasteiger partial charge in [-0.2, -0.15) is 0 Å². The Morgan fingerprint density at radius 2 is 1.89 bits per heavy atom. The standard InChI is InChI=1S/C9H8N4O4S/c10-18(16,17)9-11-5-8(12-9)6-1-3-7(4-2-6)13(14)15/h1-5H,(H,11,12)(H2,10,16,17). The normalized spacial score (nSPS) is 11.4. The molecule has 0 saturated carbocycles. The summed E-state index contributed by atoms with van der Waals surface area (Å²) in [5, 5.41) is 15.0. The van der Waals surface area contributed by atoms with Crippen LogP contribution in [0.25, 0.3) is 11.3 Å². The van der Waals surface area contributed by atoms with Gasteiger partial charge in [-0.15, -0.1) is 0 Å². The number of aromatic nitrogens is 2. The van der Waals surface area contributed by atoms with Crippen molar-refractivity contribution in [3.8, 4) is 11.3 Å². The average Bonchev–Trinajstić information content (AvgIpc) is 2.78. The number of hydrogen-bond acceptors (Lipinski definition) is 5. The molecule has 1 aromatic carbocycles. The van der Waals surface area contributed by atoms with E-state index in [1.165, 1.54) is 30.5 Å². The van der Waals surface area contributed by atoms with Crippen molar-refractivity contribution >= 4 is 15.7 Å². The number of nitro groups is 1. The highest BCUT2D eigenvalue weighted by Crippen LogP contribution is 2.21. The molecule has 0 unspecified atom stereocenters. The van der Waals surface area contributed by atoms with Gasteiger partial charge in [0.25, 0.3) is 15.7 Å². The number of hydrogen-bond donors (Lipinski definition) is 2. The Hall–Kier alpha value is -2.26. The molecule has 2 rings (SSSR count). The molecule has 0 saturated heterocycles. The molecule has 3 N–H and O–H groups in total. The lowest BCUT2D eigenvalue weighted by molar-refractivity contribution is -0.384. The molecule has 0 amide bonds. The van der Waals surface area contributed by atoms with Crippen LogP contribution in [0.2, 0.25) is 0 Å². The fourth-order valence-electron chi connectivity index (χ4n) is 1.36. The molecule has 8 nitrogen and oxygen atoms in total. The van der Waals surface area contributed by atoms with Crippen molar-refractivity contribution in [3.63, 3.8) is 0 Å². The van der Waals surface area contributed by atoms with E-state index >= 15 is 0 Å². The molecule has 0 aliphatic carbocycles. The van der Waals surface area contributed by atoms with Gasteiger partial charge in [0, 0.05) is 17.7 Å². The third-order valence-electron chi connectivity index (χ3n) is 2.21. The molecule has 94 valence electrons. The van der Waals surface area contributed by atoms with Crippen molar-refractivity contribution < 1.29 is 13.3 Å². The molecule has 0 atom stereocenters. The summed E-state index contributed by atoms with van der Waals surface area (Å²) in [5.41, 5.74) is 0.932. The van der Waals surface area contributed by atoms with Gasteiger partial charge in [0.2, 0.25) is 5.16 Å². The molecule has 0 bridgehead atoms. The number of non-ortho nitro benzene ring substituents is 1. The first-order valence-corrected chi connectivity index (χ1v) is 6.25. The highest BCUT2D eigenvalue weighted by Gasteiger charge is 2.13. The zero-order valence-corrected chi connectivity index (χ0v) is 9.72. The van der Waals surface area contributed by atoms with Crippen LogP contribution in [0.1, 0.15) is 0 Å². The van der Waals surface area contributed by atoms with Gasteiger partial charge in [-0.1, -0.05) is 0 Å². The number of aromatic amines is 1. The van der Waals surface area contributed by atoms with Gasteiger partial charge in [0.1, 0.15) is 0 Å². The molecular formula is C9H8N4O4S. The Bertz CT molecular complexity index is 690. The van der Waals surface area contributed by atoms with Gasteiger partial charge in [-0.3, -0.25) is 10.1 Å². The fourth-order valence-corrected chi connectivity index (χ4v) is 1.81. The van der Waals surface area contributed by atoms with Crippen LogP contribution in [0.5, 0.6) is 0 Å². The van der Waals surface area contributed by atoms with Crippen molar-refractivity contribution in [2.45, 2.75) is 5.16 Å². The van der Waals surface area contributed by atoms with Crippen molar-refractivity contribution in [1.82, 2.24) is 9.97 Å². The van der Waals surface area contributed by atoms with Crippen molar-refractivity contribution in [2.24, 2.45) is 5.14 Å². The SMILES string of the molecule is NS(=O)(=O)c1ncc(-c2ccc([N+](=O)[O-])cc2)[nH]1. The number of rotatable bonds is 3. The first-order chi connectivity index (χ1) is 8.38. The molecule has 9 heteroatoms. The second-order valence-corrected chi connectivity index (χ2v) is 4.93. The summed E-state index contributed by atoms with van der Waals surface area (Å²) in [6.07, 6.45) is 1.29. The molecule has 2 aromatic rings. The second-order valence-electron chi connectivity index (χ2n) is 3.45. The lowest BCUT2D eigenvalue weighted by Gasteiger charge is -1.96. The first-order valence-electron chi connectivity index (χ1n) is 4.70. The van der Waals surface area contributed by atoms with Crippen LogP contribution in [-0.4, -0.2) is 23.3 Å². The van der Waals surface area contributed by atoms with Gasteiger partial charge in [-0.05, 0) is 12.1 Å². The predicted octanol–water partition coefficient (Wildman–Crippen LogP) is 0.632. The minimum absolute atomic E-state index is 0.0510. The zero-order chi connectivity index (χ0) is 13.3. The number of benzene rings is 1. The molecular weight excluding hydrogens is 260 g/mol. The molecule has 0 spiro atoms. The van der Waals surface area contributed by atoms with E-state index in [0.29, 0.717) is 11.3 Å². The Morgan fingerprint density at radius 3 is 2.33 bits per heavy atom. The third-order valence-corrected chi connectivity index (χ3v) is 2.96. The van der Waals surface area contributed by atoms with Crippen LogP contribution in [0, 0.1) is 10.1 Å². The third kappa shape index (κ3) is 2.36. The van der Waals surface area contributed by atoms with Crippen LogP contribution < -0.4 is 5.14 Å². The molecule has 0 aliphatic rings. The second kappa shape index (κ2) is 4.20. The van der Waals surface area contributed by atoms with Crippen LogP contribution in [-0.2, 0) is 10.0 Å². The summed E-state index contributed by atoms with van der Waals surface area (Å²) in [6, 6.07) is 5.59. The van der Waals surface area contributed by atoms with E-state index in [2.05, 4.69) is 9.97 Å². The molecule has 18 heavy (non-hydrogen) atoms.